The van der Waals surface area contributed by atoms with Crippen molar-refractivity contribution in [3.05, 3.63) is 20.5 Å². The number of fused-ring (bicyclic) bond motifs is 1. The van der Waals surface area contributed by atoms with E-state index in [0.717, 1.165) is 4.88 Å². The second-order valence-corrected chi connectivity index (χ2v) is 3.64. The number of aryl methyl sites for hydroxylation is 1. The van der Waals surface area contributed by atoms with Crippen molar-refractivity contribution in [3.63, 3.8) is 0 Å². The van der Waals surface area contributed by atoms with Crippen LogP contribution in [0.2, 0.25) is 5.15 Å². The molecule has 0 bridgehead atoms. The van der Waals surface area contributed by atoms with Gasteiger partial charge in [0.25, 0.3) is 0 Å². The molecule has 0 spiro atoms. The molecule has 6 heteroatoms. The van der Waals surface area contributed by atoms with Crippen LogP contribution in [0.25, 0.3) is 4.96 Å². The first kappa shape index (κ1) is 6.87. The summed E-state index contributed by atoms with van der Waals surface area (Å²) in [5.74, 6) is 0. The lowest BCUT2D eigenvalue weighted by Gasteiger charge is -1.83. The first-order valence-corrected chi connectivity index (χ1v) is 4.11. The molecule has 0 saturated carbocycles. The van der Waals surface area contributed by atoms with E-state index in [4.69, 9.17) is 11.6 Å². The predicted octanol–water partition coefficient (Wildman–Crippen LogP) is 1.05. The Morgan fingerprint density at radius 1 is 1.73 bits per heavy atom. The van der Waals surface area contributed by atoms with Gasteiger partial charge in [0.15, 0.2) is 0 Å². The average Bonchev–Trinajstić information content (AvgIpc) is 2.37. The van der Waals surface area contributed by atoms with Crippen molar-refractivity contribution in [1.29, 1.82) is 0 Å². The second kappa shape index (κ2) is 2.09. The highest BCUT2D eigenvalue weighted by atomic mass is 35.5. The molecule has 2 aromatic heterocycles. The van der Waals surface area contributed by atoms with Gasteiger partial charge in [-0.3, -0.25) is 0 Å². The zero-order valence-electron chi connectivity index (χ0n) is 5.59. The lowest BCUT2D eigenvalue weighted by atomic mass is 10.6. The Labute approximate surface area is 70.4 Å². The molecule has 0 saturated heterocycles. The van der Waals surface area contributed by atoms with Crippen molar-refractivity contribution in [3.8, 4) is 0 Å². The Kier molecular flexibility index (Phi) is 1.30. The first-order valence-electron chi connectivity index (χ1n) is 2.92. The van der Waals surface area contributed by atoms with Crippen LogP contribution < -0.4 is 5.69 Å². The molecule has 0 unspecified atom stereocenters. The number of aromatic amines is 1. The van der Waals surface area contributed by atoms with Gasteiger partial charge in [-0.2, -0.15) is 4.98 Å². The maximum absolute atomic E-state index is 10.7. The van der Waals surface area contributed by atoms with Crippen molar-refractivity contribution in [2.45, 2.75) is 6.92 Å². The predicted molar refractivity (Wildman–Crippen MR) is 43.4 cm³/mol. The third-order valence-corrected chi connectivity index (χ3v) is 2.85. The summed E-state index contributed by atoms with van der Waals surface area (Å²) in [6, 6.07) is 0. The van der Waals surface area contributed by atoms with Crippen molar-refractivity contribution >= 4 is 27.9 Å². The van der Waals surface area contributed by atoms with Gasteiger partial charge in [0, 0.05) is 4.88 Å². The molecule has 1 N–H and O–H groups in total. The SMILES string of the molecule is Cc1sc2nc(=O)[nH]n2c1Cl. The minimum atomic E-state index is -0.363. The standard InChI is InChI=1S/C5H4ClN3OS/c1-2-3(6)9-5(11-2)7-4(10)8-9/h1H3,(H,8,10). The van der Waals surface area contributed by atoms with Crippen LogP contribution in [-0.4, -0.2) is 14.6 Å². The van der Waals surface area contributed by atoms with E-state index in [2.05, 4.69) is 10.1 Å². The van der Waals surface area contributed by atoms with E-state index < -0.39 is 0 Å². The van der Waals surface area contributed by atoms with Crippen LogP contribution in [0.3, 0.4) is 0 Å². The van der Waals surface area contributed by atoms with Crippen LogP contribution in [0.15, 0.2) is 4.79 Å². The first-order chi connectivity index (χ1) is 5.18. The van der Waals surface area contributed by atoms with Crippen LogP contribution in [0, 0.1) is 6.92 Å². The van der Waals surface area contributed by atoms with E-state index in [1.165, 1.54) is 15.9 Å². The number of nitrogens with zero attached hydrogens (tertiary/aromatic N) is 2. The summed E-state index contributed by atoms with van der Waals surface area (Å²) in [6.07, 6.45) is 0. The summed E-state index contributed by atoms with van der Waals surface area (Å²) in [6.45, 7) is 1.87. The van der Waals surface area contributed by atoms with Crippen molar-refractivity contribution < 1.29 is 0 Å². The van der Waals surface area contributed by atoms with Crippen molar-refractivity contribution in [2.75, 3.05) is 0 Å². The molecule has 0 aliphatic carbocycles. The fourth-order valence-corrected chi connectivity index (χ4v) is 1.94. The van der Waals surface area contributed by atoms with E-state index in [-0.39, 0.29) is 5.69 Å². The zero-order chi connectivity index (χ0) is 8.01. The number of halogens is 1. The number of nitrogens with one attached hydrogen (secondary N) is 1. The number of rotatable bonds is 0. The number of aromatic nitrogens is 3. The number of H-pyrrole nitrogens is 1. The summed E-state index contributed by atoms with van der Waals surface area (Å²) < 4.78 is 1.48. The van der Waals surface area contributed by atoms with Gasteiger partial charge in [0.2, 0.25) is 4.96 Å². The monoisotopic (exact) mass is 189 g/mol. The molecule has 2 rings (SSSR count). The topological polar surface area (TPSA) is 50.2 Å². The number of hydrogen-bond donors (Lipinski definition) is 1. The van der Waals surface area contributed by atoms with Gasteiger partial charge in [-0.05, 0) is 6.92 Å². The molecule has 58 valence electrons. The molecule has 2 heterocycles. The lowest BCUT2D eigenvalue weighted by Crippen LogP contribution is -2.02. The average molecular weight is 190 g/mol. The largest absolute Gasteiger partial charge is 0.362 e. The fraction of sp³-hybridized carbons (Fsp3) is 0.200. The highest BCUT2D eigenvalue weighted by Crippen LogP contribution is 2.22. The summed E-state index contributed by atoms with van der Waals surface area (Å²) in [4.78, 5) is 15.9. The minimum absolute atomic E-state index is 0.363. The van der Waals surface area contributed by atoms with Gasteiger partial charge in [-0.1, -0.05) is 22.9 Å². The van der Waals surface area contributed by atoms with Crippen LogP contribution >= 0.6 is 22.9 Å². The van der Waals surface area contributed by atoms with Gasteiger partial charge in [-0.25, -0.2) is 14.4 Å². The molecule has 11 heavy (non-hydrogen) atoms. The number of thiazole rings is 1. The highest BCUT2D eigenvalue weighted by Gasteiger charge is 2.07. The van der Waals surface area contributed by atoms with Gasteiger partial charge in [-0.15, -0.1) is 0 Å². The second-order valence-electron chi connectivity index (χ2n) is 2.10. The van der Waals surface area contributed by atoms with E-state index in [9.17, 15) is 4.79 Å². The molecule has 0 aliphatic rings. The van der Waals surface area contributed by atoms with Gasteiger partial charge in [0.05, 0.1) is 0 Å². The maximum atomic E-state index is 10.7. The van der Waals surface area contributed by atoms with Crippen LogP contribution in [0.4, 0.5) is 0 Å². The minimum Gasteiger partial charge on any atom is -0.244 e. The molecule has 0 amide bonds. The maximum Gasteiger partial charge on any atom is 0.362 e. The highest BCUT2D eigenvalue weighted by molar-refractivity contribution is 7.17. The molecule has 0 aliphatic heterocycles. The molecular formula is C5H4ClN3OS. The van der Waals surface area contributed by atoms with Crippen molar-refractivity contribution in [1.82, 2.24) is 14.6 Å². The summed E-state index contributed by atoms with van der Waals surface area (Å²) in [7, 11) is 0. The van der Waals surface area contributed by atoms with Crippen LogP contribution in [0.5, 0.6) is 0 Å². The van der Waals surface area contributed by atoms with Gasteiger partial charge < -0.3 is 0 Å². The Hall–Kier alpha value is -0.810. The molecule has 0 fully saturated rings. The van der Waals surface area contributed by atoms with E-state index in [0.29, 0.717) is 10.1 Å². The smallest absolute Gasteiger partial charge is 0.244 e. The summed E-state index contributed by atoms with van der Waals surface area (Å²) in [5.41, 5.74) is -0.363. The lowest BCUT2D eigenvalue weighted by molar-refractivity contribution is 0.943. The van der Waals surface area contributed by atoms with Crippen LogP contribution in [-0.2, 0) is 0 Å². The quantitative estimate of drug-likeness (QED) is 0.674. The summed E-state index contributed by atoms with van der Waals surface area (Å²) in [5, 5.41) is 3.00. The molecular weight excluding hydrogens is 186 g/mol. The zero-order valence-corrected chi connectivity index (χ0v) is 7.16. The van der Waals surface area contributed by atoms with E-state index in [1.54, 1.807) is 0 Å². The summed E-state index contributed by atoms with van der Waals surface area (Å²) >= 11 is 7.21. The molecule has 0 radical (unpaired) electrons. The Bertz CT molecular complexity index is 454. The van der Waals surface area contributed by atoms with Crippen LogP contribution in [0.1, 0.15) is 4.88 Å². The fourth-order valence-electron chi connectivity index (χ4n) is 0.843. The van der Waals surface area contributed by atoms with Crippen molar-refractivity contribution in [2.24, 2.45) is 0 Å². The third-order valence-electron chi connectivity index (χ3n) is 1.33. The Morgan fingerprint density at radius 2 is 2.45 bits per heavy atom. The van der Waals surface area contributed by atoms with Gasteiger partial charge >= 0.3 is 5.69 Å². The van der Waals surface area contributed by atoms with E-state index >= 15 is 0 Å². The Balaban J connectivity index is 2.99. The third kappa shape index (κ3) is 0.883. The normalized spacial score (nSPS) is 11.1. The van der Waals surface area contributed by atoms with E-state index in [1.807, 2.05) is 6.92 Å². The molecule has 4 nitrogen and oxygen atoms in total. The molecule has 0 aromatic carbocycles. The van der Waals surface area contributed by atoms with Gasteiger partial charge in [0.1, 0.15) is 5.15 Å². The Morgan fingerprint density at radius 3 is 3.09 bits per heavy atom. The number of hydrogen-bond acceptors (Lipinski definition) is 3. The molecule has 2 aromatic rings. The molecule has 0 atom stereocenters.